The second-order valence-corrected chi connectivity index (χ2v) is 9.95. The van der Waals surface area contributed by atoms with Gasteiger partial charge in [0.25, 0.3) is 0 Å². The summed E-state index contributed by atoms with van der Waals surface area (Å²) in [5.74, 6) is 0.233. The normalized spacial score (nSPS) is 24.7. The van der Waals surface area contributed by atoms with E-state index in [-0.39, 0.29) is 23.7 Å². The van der Waals surface area contributed by atoms with Crippen LogP contribution in [0, 0.1) is 11.2 Å². The van der Waals surface area contributed by atoms with Crippen LogP contribution in [0.25, 0.3) is 0 Å². The Labute approximate surface area is 203 Å². The highest BCUT2D eigenvalue weighted by molar-refractivity contribution is 6.14. The third-order valence-corrected chi connectivity index (χ3v) is 7.81. The predicted molar refractivity (Wildman–Crippen MR) is 130 cm³/mol. The average molecular weight is 480 g/mol. The molecule has 1 aliphatic carbocycles. The molecule has 184 valence electrons. The zero-order valence-corrected chi connectivity index (χ0v) is 19.6. The molecule has 2 saturated heterocycles. The molecule has 3 aliphatic heterocycles. The van der Waals surface area contributed by atoms with Gasteiger partial charge in [0.15, 0.2) is 0 Å². The van der Waals surface area contributed by atoms with Crippen molar-refractivity contribution in [3.63, 3.8) is 0 Å². The maximum atomic E-state index is 14.9. The lowest BCUT2D eigenvalue weighted by molar-refractivity contribution is -0.140. The molecule has 1 spiro atoms. The van der Waals surface area contributed by atoms with Crippen molar-refractivity contribution < 1.29 is 14.0 Å². The zero-order valence-electron chi connectivity index (χ0n) is 19.6. The molecule has 2 aromatic rings. The first-order chi connectivity index (χ1) is 17.0. The maximum Gasteiger partial charge on any atom is 0.244 e. The van der Waals surface area contributed by atoms with Crippen molar-refractivity contribution in [1.29, 1.82) is 0 Å². The highest BCUT2D eigenvalue weighted by Gasteiger charge is 2.56. The summed E-state index contributed by atoms with van der Waals surface area (Å²) >= 11 is 0. The smallest absolute Gasteiger partial charge is 0.244 e. The Balaban J connectivity index is 1.30. The number of carbonyl (C=O) groups is 2. The average Bonchev–Trinajstić information content (AvgIpc) is 3.52. The highest BCUT2D eigenvalue weighted by Crippen LogP contribution is 2.44. The molecule has 0 radical (unpaired) electrons. The summed E-state index contributed by atoms with van der Waals surface area (Å²) in [6, 6.07) is 5.09. The standard InChI is InChI=1S/C25H30FN7O2/c26-19-13-17(5-6-20(19)32-11-9-27-10-12-32)30-24-29-15-16-14-25(7-8-28-22(25)34)23(35)33(21(16)31-24)18-3-1-2-4-18/h5-6,13,15,18,27H,1-4,7-12,14H2,(H,28,34)(H,29,30,31)/t25-/m0/s1. The molecule has 10 heteroatoms. The number of anilines is 4. The quantitative estimate of drug-likeness (QED) is 0.577. The minimum absolute atomic E-state index is 0.0327. The van der Waals surface area contributed by atoms with Gasteiger partial charge in [0.1, 0.15) is 17.1 Å². The Morgan fingerprint density at radius 2 is 1.91 bits per heavy atom. The molecule has 0 bridgehead atoms. The van der Waals surface area contributed by atoms with Gasteiger partial charge in [-0.2, -0.15) is 4.98 Å². The van der Waals surface area contributed by atoms with Crippen molar-refractivity contribution in [1.82, 2.24) is 20.6 Å². The molecule has 4 aliphatic rings. The van der Waals surface area contributed by atoms with Crippen molar-refractivity contribution in [2.24, 2.45) is 5.41 Å². The summed E-state index contributed by atoms with van der Waals surface area (Å²) in [6.07, 6.45) is 6.41. The fourth-order valence-corrected chi connectivity index (χ4v) is 5.94. The van der Waals surface area contributed by atoms with Crippen LogP contribution in [-0.4, -0.2) is 60.5 Å². The lowest BCUT2D eigenvalue weighted by Crippen LogP contribution is -2.56. The molecule has 1 atom stereocenters. The van der Waals surface area contributed by atoms with Crippen LogP contribution in [0.15, 0.2) is 24.4 Å². The number of rotatable bonds is 4. The minimum atomic E-state index is -1.06. The van der Waals surface area contributed by atoms with Gasteiger partial charge in [-0.1, -0.05) is 12.8 Å². The Hall–Kier alpha value is -3.27. The van der Waals surface area contributed by atoms with Gasteiger partial charge in [0, 0.05) is 62.6 Å². The van der Waals surface area contributed by atoms with Crippen molar-refractivity contribution in [2.45, 2.75) is 44.6 Å². The molecular formula is C25H30FN7O2. The summed E-state index contributed by atoms with van der Waals surface area (Å²) in [5, 5.41) is 9.23. The molecule has 4 heterocycles. The predicted octanol–water partition coefficient (Wildman–Crippen LogP) is 2.11. The van der Waals surface area contributed by atoms with E-state index in [4.69, 9.17) is 4.98 Å². The molecule has 9 nitrogen and oxygen atoms in total. The second-order valence-electron chi connectivity index (χ2n) is 9.95. The fourth-order valence-electron chi connectivity index (χ4n) is 5.94. The van der Waals surface area contributed by atoms with Gasteiger partial charge in [-0.05, 0) is 37.5 Å². The SMILES string of the molecule is O=C1NCC[C@]12Cc1cnc(Nc3ccc(N4CCNCC4)c(F)c3)nc1N(C1CCCC1)C2=O. The third kappa shape index (κ3) is 3.80. The number of fused-ring (bicyclic) bond motifs is 1. The van der Waals surface area contributed by atoms with Crippen molar-refractivity contribution >= 4 is 35.0 Å². The third-order valence-electron chi connectivity index (χ3n) is 7.81. The molecule has 0 unspecified atom stereocenters. The van der Waals surface area contributed by atoms with Crippen LogP contribution in [-0.2, 0) is 16.0 Å². The van der Waals surface area contributed by atoms with Crippen LogP contribution in [0.5, 0.6) is 0 Å². The summed E-state index contributed by atoms with van der Waals surface area (Å²) in [4.78, 5) is 39.5. The van der Waals surface area contributed by atoms with Crippen LogP contribution in [0.3, 0.4) is 0 Å². The minimum Gasteiger partial charge on any atom is -0.367 e. The molecule has 2 amide bonds. The van der Waals surface area contributed by atoms with E-state index in [0.29, 0.717) is 42.5 Å². The molecule has 1 aromatic heterocycles. The number of piperazine rings is 1. The van der Waals surface area contributed by atoms with Crippen LogP contribution in [0.4, 0.5) is 27.5 Å². The second kappa shape index (κ2) is 8.75. The van der Waals surface area contributed by atoms with Gasteiger partial charge in [-0.25, -0.2) is 9.37 Å². The lowest BCUT2D eigenvalue weighted by atomic mass is 9.76. The molecular weight excluding hydrogens is 449 g/mol. The molecule has 1 aromatic carbocycles. The van der Waals surface area contributed by atoms with E-state index < -0.39 is 5.41 Å². The Kier molecular flexibility index (Phi) is 5.55. The summed E-state index contributed by atoms with van der Waals surface area (Å²) < 4.78 is 14.9. The number of nitrogens with one attached hydrogen (secondary N) is 3. The fraction of sp³-hybridized carbons (Fsp3) is 0.520. The Bertz CT molecular complexity index is 1160. The first-order valence-corrected chi connectivity index (χ1v) is 12.6. The highest BCUT2D eigenvalue weighted by atomic mass is 19.1. The molecule has 3 fully saturated rings. The first kappa shape index (κ1) is 22.2. The summed E-state index contributed by atoms with van der Waals surface area (Å²) in [6.45, 7) is 3.71. The number of hydrogen-bond donors (Lipinski definition) is 3. The summed E-state index contributed by atoms with van der Waals surface area (Å²) in [5.41, 5.74) is 0.875. The van der Waals surface area contributed by atoms with Crippen molar-refractivity contribution in [3.8, 4) is 0 Å². The number of amides is 2. The maximum absolute atomic E-state index is 14.9. The van der Waals surface area contributed by atoms with Gasteiger partial charge in [-0.15, -0.1) is 0 Å². The monoisotopic (exact) mass is 479 g/mol. The van der Waals surface area contributed by atoms with Crippen LogP contribution >= 0.6 is 0 Å². The van der Waals surface area contributed by atoms with E-state index >= 15 is 0 Å². The largest absolute Gasteiger partial charge is 0.367 e. The lowest BCUT2D eigenvalue weighted by Gasteiger charge is -2.40. The van der Waals surface area contributed by atoms with Crippen LogP contribution < -0.4 is 25.8 Å². The van der Waals surface area contributed by atoms with E-state index in [0.717, 1.165) is 57.4 Å². The molecule has 35 heavy (non-hydrogen) atoms. The number of nitrogens with zero attached hydrogens (tertiary/aromatic N) is 4. The van der Waals surface area contributed by atoms with Crippen molar-refractivity contribution in [3.05, 3.63) is 35.8 Å². The Morgan fingerprint density at radius 1 is 1.11 bits per heavy atom. The van der Waals surface area contributed by atoms with Gasteiger partial charge in [-0.3, -0.25) is 14.5 Å². The van der Waals surface area contributed by atoms with Gasteiger partial charge in [0.05, 0.1) is 5.69 Å². The van der Waals surface area contributed by atoms with E-state index in [1.807, 2.05) is 11.0 Å². The first-order valence-electron chi connectivity index (χ1n) is 12.6. The zero-order chi connectivity index (χ0) is 24.0. The van der Waals surface area contributed by atoms with E-state index in [9.17, 15) is 14.0 Å². The molecule has 6 rings (SSSR count). The van der Waals surface area contributed by atoms with Gasteiger partial charge in [0.2, 0.25) is 17.8 Å². The van der Waals surface area contributed by atoms with E-state index in [1.54, 1.807) is 17.2 Å². The molecule has 1 saturated carbocycles. The van der Waals surface area contributed by atoms with Crippen LogP contribution in [0.2, 0.25) is 0 Å². The summed E-state index contributed by atoms with van der Waals surface area (Å²) in [7, 11) is 0. The molecule has 3 N–H and O–H groups in total. The Morgan fingerprint density at radius 3 is 2.63 bits per heavy atom. The number of carbonyl (C=O) groups excluding carboxylic acids is 2. The number of hydrogen-bond acceptors (Lipinski definition) is 7. The number of aromatic nitrogens is 2. The van der Waals surface area contributed by atoms with E-state index in [2.05, 4.69) is 20.9 Å². The topological polar surface area (TPSA) is 102 Å². The van der Waals surface area contributed by atoms with Crippen molar-refractivity contribution in [2.75, 3.05) is 47.8 Å². The number of benzene rings is 1. The van der Waals surface area contributed by atoms with E-state index in [1.165, 1.54) is 6.07 Å². The van der Waals surface area contributed by atoms with Crippen LogP contribution in [0.1, 0.15) is 37.7 Å². The van der Waals surface area contributed by atoms with Gasteiger partial charge < -0.3 is 20.9 Å². The van der Waals surface area contributed by atoms with Gasteiger partial charge >= 0.3 is 0 Å². The number of halogens is 1.